The van der Waals surface area contributed by atoms with Crippen LogP contribution in [0.2, 0.25) is 0 Å². The highest BCUT2D eigenvalue weighted by Gasteiger charge is 2.29. The number of aryl methyl sites for hydroxylation is 1. The van der Waals surface area contributed by atoms with Gasteiger partial charge in [0.25, 0.3) is 5.91 Å². The molecule has 1 atom stereocenters. The maximum atomic E-state index is 13.7. The smallest absolute Gasteiger partial charge is 0.251 e. The van der Waals surface area contributed by atoms with Crippen molar-refractivity contribution in [2.75, 3.05) is 32.0 Å². The molecule has 3 amide bonds. The van der Waals surface area contributed by atoms with Crippen molar-refractivity contribution >= 4 is 35.8 Å². The molecular formula is C38H48ClN9O3. The average Bonchev–Trinajstić information content (AvgIpc) is 3.68. The molecule has 0 spiro atoms. The number of benzene rings is 3. The van der Waals surface area contributed by atoms with Crippen LogP contribution >= 0.6 is 12.4 Å². The Bertz CT molecular complexity index is 1750. The van der Waals surface area contributed by atoms with Crippen LogP contribution in [0, 0.1) is 18.8 Å². The van der Waals surface area contributed by atoms with Crippen molar-refractivity contribution in [2.24, 2.45) is 17.6 Å². The fourth-order valence-corrected chi connectivity index (χ4v) is 6.98. The van der Waals surface area contributed by atoms with Gasteiger partial charge in [-0.1, -0.05) is 30.3 Å². The van der Waals surface area contributed by atoms with Crippen molar-refractivity contribution in [1.82, 2.24) is 36.2 Å². The number of aromatic amines is 1. The summed E-state index contributed by atoms with van der Waals surface area (Å²) < 4.78 is 0. The van der Waals surface area contributed by atoms with Gasteiger partial charge in [0.2, 0.25) is 17.6 Å². The van der Waals surface area contributed by atoms with Gasteiger partial charge in [-0.15, -0.1) is 22.6 Å². The Hall–Kier alpha value is -4.65. The largest absolute Gasteiger partial charge is 0.349 e. The van der Waals surface area contributed by atoms with Crippen LogP contribution in [-0.4, -0.2) is 82.0 Å². The first-order valence-electron chi connectivity index (χ1n) is 17.6. The zero-order valence-electron chi connectivity index (χ0n) is 29.2. The second-order valence-electron chi connectivity index (χ2n) is 13.8. The first-order chi connectivity index (χ1) is 24.2. The topological polar surface area (TPSA) is 171 Å². The number of likely N-dealkylation sites (tertiary alicyclic amines) is 1. The van der Waals surface area contributed by atoms with Crippen molar-refractivity contribution in [3.05, 3.63) is 83.4 Å². The number of nitrogens with zero attached hydrogens (tertiary/aromatic N) is 4. The minimum Gasteiger partial charge on any atom is -0.349 e. The molecule has 1 aromatic heterocycles. The fraction of sp³-hybridized carbons (Fsp3) is 0.421. The molecule has 4 aromatic rings. The zero-order valence-corrected chi connectivity index (χ0v) is 30.0. The second kappa shape index (κ2) is 17.5. The van der Waals surface area contributed by atoms with Crippen LogP contribution in [0.5, 0.6) is 0 Å². The summed E-state index contributed by atoms with van der Waals surface area (Å²) in [5, 5.41) is 23.3. The van der Waals surface area contributed by atoms with E-state index in [9.17, 15) is 14.4 Å². The number of rotatable bonds is 11. The standard InChI is InChI=1S/C38H47N9O3.ClH/c1-24-21-30(37(49)40-32-17-19-47(2)20-18-32)13-16-33(24)27-7-3-25(4-8-27)22-34(42-36(48)29-9-5-26(23-39)6-10-29)38(50)41-31-14-11-28(12-15-31)35-43-45-46-44-35;/h3-4,7-8,11-16,21,26,29,32,34H,5-6,9-10,17-20,22-23,39H2,1-2H3,(H,40,49)(H,41,50)(H,42,48)(H,43,44,45,46);1H/t26?,29?,34-;/m0./s1. The third kappa shape index (κ3) is 9.78. The molecule has 1 aliphatic heterocycles. The van der Waals surface area contributed by atoms with E-state index >= 15 is 0 Å². The molecule has 0 bridgehead atoms. The lowest BCUT2D eigenvalue weighted by Gasteiger charge is -2.29. The van der Waals surface area contributed by atoms with Crippen molar-refractivity contribution in [2.45, 2.75) is 64.0 Å². The summed E-state index contributed by atoms with van der Waals surface area (Å²) in [6.07, 6.45) is 5.63. The van der Waals surface area contributed by atoms with Gasteiger partial charge in [-0.25, -0.2) is 0 Å². The van der Waals surface area contributed by atoms with Crippen LogP contribution in [0.4, 0.5) is 5.69 Å². The Kier molecular flexibility index (Phi) is 12.9. The molecule has 6 rings (SSSR count). The highest BCUT2D eigenvalue weighted by Crippen LogP contribution is 2.29. The molecule has 2 fully saturated rings. The predicted octanol–water partition coefficient (Wildman–Crippen LogP) is 4.52. The van der Waals surface area contributed by atoms with Gasteiger partial charge in [0.1, 0.15) is 6.04 Å². The number of halogens is 1. The number of amides is 3. The van der Waals surface area contributed by atoms with Gasteiger partial charge in [0.15, 0.2) is 0 Å². The van der Waals surface area contributed by atoms with E-state index < -0.39 is 6.04 Å². The number of piperidine rings is 1. The van der Waals surface area contributed by atoms with Crippen LogP contribution in [0.25, 0.3) is 22.5 Å². The number of anilines is 1. The quantitative estimate of drug-likeness (QED) is 0.151. The number of hydrogen-bond donors (Lipinski definition) is 5. The second-order valence-corrected chi connectivity index (χ2v) is 13.8. The number of carbonyl (C=O) groups excluding carboxylic acids is 3. The first-order valence-corrected chi connectivity index (χ1v) is 17.6. The van der Waals surface area contributed by atoms with Gasteiger partial charge in [0.05, 0.1) is 0 Å². The normalized spacial score (nSPS) is 18.6. The summed E-state index contributed by atoms with van der Waals surface area (Å²) in [6, 6.07) is 20.4. The van der Waals surface area contributed by atoms with Gasteiger partial charge in [-0.05, 0) is 142 Å². The van der Waals surface area contributed by atoms with E-state index in [0.717, 1.165) is 79.4 Å². The van der Waals surface area contributed by atoms with Crippen LogP contribution in [0.3, 0.4) is 0 Å². The fourth-order valence-electron chi connectivity index (χ4n) is 6.98. The van der Waals surface area contributed by atoms with Crippen LogP contribution in [0.15, 0.2) is 66.7 Å². The molecule has 0 radical (unpaired) electrons. The van der Waals surface area contributed by atoms with Crippen molar-refractivity contribution in [1.29, 1.82) is 0 Å². The predicted molar refractivity (Wildman–Crippen MR) is 200 cm³/mol. The van der Waals surface area contributed by atoms with E-state index in [1.165, 1.54) is 0 Å². The van der Waals surface area contributed by atoms with Gasteiger partial charge < -0.3 is 26.6 Å². The van der Waals surface area contributed by atoms with Gasteiger partial charge >= 0.3 is 0 Å². The SMILES string of the molecule is Cc1cc(C(=O)NC2CCN(C)CC2)ccc1-c1ccc(C[C@H](NC(=O)C2CCC(CN)CC2)C(=O)Nc2ccc(-c3nn[nH]n3)cc2)cc1.Cl. The molecule has 13 heteroatoms. The molecule has 270 valence electrons. The molecule has 2 aliphatic rings. The third-order valence-corrected chi connectivity index (χ3v) is 10.2. The number of tetrazole rings is 1. The maximum absolute atomic E-state index is 13.7. The van der Waals surface area contributed by atoms with E-state index in [2.05, 4.69) is 48.5 Å². The van der Waals surface area contributed by atoms with Crippen LogP contribution in [0.1, 0.15) is 60.0 Å². The number of nitrogens with one attached hydrogen (secondary N) is 4. The van der Waals surface area contributed by atoms with Crippen LogP contribution in [-0.2, 0) is 16.0 Å². The minimum absolute atomic E-state index is 0. The summed E-state index contributed by atoms with van der Waals surface area (Å²) in [4.78, 5) is 42.4. The van der Waals surface area contributed by atoms with Gasteiger partial charge in [-0.2, -0.15) is 5.21 Å². The van der Waals surface area contributed by atoms with Gasteiger partial charge in [-0.3, -0.25) is 14.4 Å². The Morgan fingerprint density at radius 3 is 2.24 bits per heavy atom. The highest BCUT2D eigenvalue weighted by molar-refractivity contribution is 5.98. The van der Waals surface area contributed by atoms with E-state index in [1.807, 2.05) is 49.4 Å². The molecule has 3 aromatic carbocycles. The molecule has 0 unspecified atom stereocenters. The molecule has 51 heavy (non-hydrogen) atoms. The molecule has 1 saturated heterocycles. The average molecular weight is 714 g/mol. The lowest BCUT2D eigenvalue weighted by atomic mass is 9.81. The lowest BCUT2D eigenvalue weighted by Crippen LogP contribution is -2.48. The lowest BCUT2D eigenvalue weighted by molar-refractivity contribution is -0.130. The number of hydrogen-bond acceptors (Lipinski definition) is 8. The van der Waals surface area contributed by atoms with Crippen LogP contribution < -0.4 is 21.7 Å². The minimum atomic E-state index is -0.776. The van der Waals surface area contributed by atoms with E-state index in [-0.39, 0.29) is 42.1 Å². The Morgan fingerprint density at radius 2 is 1.61 bits per heavy atom. The molecule has 12 nitrogen and oxygen atoms in total. The molecule has 2 heterocycles. The van der Waals surface area contributed by atoms with E-state index in [0.29, 0.717) is 36.0 Å². The zero-order chi connectivity index (χ0) is 35.0. The Morgan fingerprint density at radius 1 is 0.922 bits per heavy atom. The van der Waals surface area contributed by atoms with Gasteiger partial charge in [0, 0.05) is 35.2 Å². The number of H-pyrrole nitrogens is 1. The highest BCUT2D eigenvalue weighted by atomic mass is 35.5. The summed E-state index contributed by atoms with van der Waals surface area (Å²) in [5.41, 5.74) is 11.9. The van der Waals surface area contributed by atoms with Crippen molar-refractivity contribution in [3.63, 3.8) is 0 Å². The summed E-state index contributed by atoms with van der Waals surface area (Å²) in [6.45, 7) is 4.63. The first kappa shape index (κ1) is 37.6. The summed E-state index contributed by atoms with van der Waals surface area (Å²) in [7, 11) is 2.11. The maximum Gasteiger partial charge on any atom is 0.251 e. The molecule has 1 aliphatic carbocycles. The molecule has 1 saturated carbocycles. The third-order valence-electron chi connectivity index (χ3n) is 10.2. The molecule has 6 N–H and O–H groups in total. The Labute approximate surface area is 305 Å². The molecular weight excluding hydrogens is 666 g/mol. The van der Waals surface area contributed by atoms with Crippen molar-refractivity contribution in [3.8, 4) is 22.5 Å². The van der Waals surface area contributed by atoms with E-state index in [4.69, 9.17) is 5.73 Å². The van der Waals surface area contributed by atoms with Crippen molar-refractivity contribution < 1.29 is 14.4 Å². The summed E-state index contributed by atoms with van der Waals surface area (Å²) in [5.74, 6) is 0.345. The van der Waals surface area contributed by atoms with E-state index in [1.54, 1.807) is 24.3 Å². The Balaban J connectivity index is 0.00000504. The number of carbonyl (C=O) groups is 3. The monoisotopic (exact) mass is 713 g/mol. The number of aromatic nitrogens is 4. The summed E-state index contributed by atoms with van der Waals surface area (Å²) >= 11 is 0. The number of nitrogens with two attached hydrogens (primary N) is 1.